The monoisotopic (exact) mass is 372 g/mol. The van der Waals surface area contributed by atoms with Crippen LogP contribution in [0.1, 0.15) is 33.5 Å². The lowest BCUT2D eigenvalue weighted by Gasteiger charge is -2.26. The summed E-state index contributed by atoms with van der Waals surface area (Å²) in [6, 6.07) is 4.28. The fourth-order valence-corrected chi connectivity index (χ4v) is 3.93. The number of halogens is 1. The quantitative estimate of drug-likeness (QED) is 0.897. The number of carbonyl (C=O) groups excluding carboxylic acids is 1. The summed E-state index contributed by atoms with van der Waals surface area (Å²) in [7, 11) is 0. The van der Waals surface area contributed by atoms with Crippen LogP contribution in [-0.4, -0.2) is 46.7 Å². The van der Waals surface area contributed by atoms with Crippen LogP contribution in [0, 0.1) is 6.92 Å². The van der Waals surface area contributed by atoms with E-state index in [4.69, 9.17) is 16.3 Å². The molecule has 26 heavy (non-hydrogen) atoms. The van der Waals surface area contributed by atoms with Gasteiger partial charge in [0.1, 0.15) is 6.73 Å². The number of aromatic nitrogens is 2. The van der Waals surface area contributed by atoms with Crippen molar-refractivity contribution in [2.75, 3.05) is 25.2 Å². The van der Waals surface area contributed by atoms with Crippen LogP contribution < -0.4 is 5.32 Å². The number of nitrogens with one attached hydrogen (secondary N) is 1. The third-order valence-corrected chi connectivity index (χ3v) is 5.15. The maximum atomic E-state index is 12.4. The Bertz CT molecular complexity index is 819. The number of fused-ring (bicyclic) bond motifs is 1. The minimum Gasteiger partial charge on any atom is -0.361 e. The van der Waals surface area contributed by atoms with Crippen molar-refractivity contribution in [1.29, 1.82) is 0 Å². The number of carbonyl (C=O) groups is 1. The van der Waals surface area contributed by atoms with Gasteiger partial charge in [0, 0.05) is 30.0 Å². The Morgan fingerprint density at radius 2 is 2.12 bits per heavy atom. The Morgan fingerprint density at radius 1 is 1.31 bits per heavy atom. The molecule has 1 atom stereocenters. The number of aryl methyl sites for hydroxylation is 1. The summed E-state index contributed by atoms with van der Waals surface area (Å²) >= 11 is 6.16. The lowest BCUT2D eigenvalue weighted by Crippen LogP contribution is -2.38. The molecule has 0 spiro atoms. The van der Waals surface area contributed by atoms with E-state index in [1.165, 1.54) is 16.7 Å². The molecule has 1 aromatic carbocycles. The average Bonchev–Trinajstić information content (AvgIpc) is 3.05. The van der Waals surface area contributed by atoms with Gasteiger partial charge in [-0.1, -0.05) is 11.6 Å². The van der Waals surface area contributed by atoms with Crippen LogP contribution in [0.3, 0.4) is 0 Å². The summed E-state index contributed by atoms with van der Waals surface area (Å²) in [6.45, 7) is 3.84. The fraction of sp³-hybridized carbons (Fsp3) is 0.421. The van der Waals surface area contributed by atoms with Crippen LogP contribution in [0.4, 0.5) is 5.95 Å². The molecule has 7 heteroatoms. The van der Waals surface area contributed by atoms with Gasteiger partial charge in [0.05, 0.1) is 12.2 Å². The van der Waals surface area contributed by atoms with Crippen LogP contribution >= 0.6 is 11.6 Å². The Labute approximate surface area is 157 Å². The SMILES string of the molecule is Cc1cc(Cl)cc2c1CC(Nc1ncc(C(=O)N3CCCOC3)cn1)C2. The predicted molar refractivity (Wildman–Crippen MR) is 99.5 cm³/mol. The molecule has 1 amide bonds. The first-order chi connectivity index (χ1) is 12.6. The maximum Gasteiger partial charge on any atom is 0.258 e. The molecular formula is C19H21ClN4O2. The Kier molecular flexibility index (Phi) is 4.78. The molecule has 1 unspecified atom stereocenters. The van der Waals surface area contributed by atoms with Crippen LogP contribution in [0.5, 0.6) is 0 Å². The Balaban J connectivity index is 1.41. The van der Waals surface area contributed by atoms with Gasteiger partial charge >= 0.3 is 0 Å². The molecule has 136 valence electrons. The molecule has 2 heterocycles. The highest BCUT2D eigenvalue weighted by Gasteiger charge is 2.24. The largest absolute Gasteiger partial charge is 0.361 e. The lowest BCUT2D eigenvalue weighted by molar-refractivity contribution is -0.00575. The molecule has 1 aromatic heterocycles. The van der Waals surface area contributed by atoms with Gasteiger partial charge in [-0.25, -0.2) is 9.97 Å². The zero-order chi connectivity index (χ0) is 18.1. The highest BCUT2D eigenvalue weighted by molar-refractivity contribution is 6.30. The Hall–Kier alpha value is -2.18. The minimum atomic E-state index is -0.0882. The van der Waals surface area contributed by atoms with Crippen LogP contribution in [0.2, 0.25) is 5.02 Å². The molecular weight excluding hydrogens is 352 g/mol. The van der Waals surface area contributed by atoms with E-state index in [9.17, 15) is 4.79 Å². The molecule has 0 radical (unpaired) electrons. The fourth-order valence-electron chi connectivity index (χ4n) is 3.64. The first-order valence-corrected chi connectivity index (χ1v) is 9.21. The number of hydrogen-bond donors (Lipinski definition) is 1. The topological polar surface area (TPSA) is 67.4 Å². The first kappa shape index (κ1) is 17.2. The van der Waals surface area contributed by atoms with Crippen molar-refractivity contribution in [1.82, 2.24) is 14.9 Å². The van der Waals surface area contributed by atoms with Crippen molar-refractivity contribution < 1.29 is 9.53 Å². The molecule has 4 rings (SSSR count). The highest BCUT2D eigenvalue weighted by Crippen LogP contribution is 2.29. The van der Waals surface area contributed by atoms with Crippen molar-refractivity contribution in [3.8, 4) is 0 Å². The molecule has 2 aliphatic rings. The van der Waals surface area contributed by atoms with Crippen LogP contribution in [0.15, 0.2) is 24.5 Å². The van der Waals surface area contributed by atoms with E-state index in [-0.39, 0.29) is 11.9 Å². The molecule has 1 fully saturated rings. The summed E-state index contributed by atoms with van der Waals surface area (Å²) in [5, 5.41) is 4.15. The number of amides is 1. The molecule has 1 aliphatic heterocycles. The number of rotatable bonds is 3. The molecule has 1 aliphatic carbocycles. The van der Waals surface area contributed by atoms with Crippen molar-refractivity contribution in [3.05, 3.63) is 51.8 Å². The van der Waals surface area contributed by atoms with E-state index in [1.54, 1.807) is 17.3 Å². The van der Waals surface area contributed by atoms with Crippen LogP contribution in [-0.2, 0) is 17.6 Å². The third kappa shape index (κ3) is 3.52. The van der Waals surface area contributed by atoms with E-state index in [1.807, 2.05) is 12.1 Å². The molecule has 0 saturated carbocycles. The van der Waals surface area contributed by atoms with E-state index in [0.29, 0.717) is 31.4 Å². The van der Waals surface area contributed by atoms with Crippen molar-refractivity contribution in [3.63, 3.8) is 0 Å². The van der Waals surface area contributed by atoms with Gasteiger partial charge in [-0.15, -0.1) is 0 Å². The average molecular weight is 373 g/mol. The second-order valence-electron chi connectivity index (χ2n) is 6.86. The number of ether oxygens (including phenoxy) is 1. The van der Waals surface area contributed by atoms with Gasteiger partial charge < -0.3 is 15.0 Å². The van der Waals surface area contributed by atoms with Gasteiger partial charge in [0.25, 0.3) is 5.91 Å². The molecule has 1 saturated heterocycles. The number of nitrogens with zero attached hydrogens (tertiary/aromatic N) is 3. The second-order valence-corrected chi connectivity index (χ2v) is 7.30. The maximum absolute atomic E-state index is 12.4. The van der Waals surface area contributed by atoms with Gasteiger partial charge in [-0.3, -0.25) is 4.79 Å². The Morgan fingerprint density at radius 3 is 2.85 bits per heavy atom. The van der Waals surface area contributed by atoms with Gasteiger partial charge in [0.2, 0.25) is 5.95 Å². The molecule has 1 N–H and O–H groups in total. The molecule has 6 nitrogen and oxygen atoms in total. The summed E-state index contributed by atoms with van der Waals surface area (Å²) in [6.07, 6.45) is 5.84. The van der Waals surface area contributed by atoms with E-state index in [2.05, 4.69) is 22.2 Å². The minimum absolute atomic E-state index is 0.0882. The summed E-state index contributed by atoms with van der Waals surface area (Å²) in [5.41, 5.74) is 4.34. The van der Waals surface area contributed by atoms with Crippen molar-refractivity contribution in [2.24, 2.45) is 0 Å². The smallest absolute Gasteiger partial charge is 0.258 e. The summed E-state index contributed by atoms with van der Waals surface area (Å²) in [4.78, 5) is 22.7. The third-order valence-electron chi connectivity index (χ3n) is 4.93. The standard InChI is InChI=1S/C19H21ClN4O2/c1-12-5-15(20)6-13-7-16(8-17(12)13)23-19-21-9-14(10-22-19)18(25)24-3-2-4-26-11-24/h5-6,9-10,16H,2-4,7-8,11H2,1H3,(H,21,22,23). The number of benzene rings is 1. The second kappa shape index (κ2) is 7.21. The first-order valence-electron chi connectivity index (χ1n) is 8.83. The van der Waals surface area contributed by atoms with E-state index < -0.39 is 0 Å². The predicted octanol–water partition coefficient (Wildman–Crippen LogP) is 2.84. The highest BCUT2D eigenvalue weighted by atomic mass is 35.5. The van der Waals surface area contributed by atoms with Crippen molar-refractivity contribution >= 4 is 23.5 Å². The lowest BCUT2D eigenvalue weighted by atomic mass is 10.1. The van der Waals surface area contributed by atoms with Gasteiger partial charge in [-0.05, 0) is 55.0 Å². The molecule has 2 aromatic rings. The van der Waals surface area contributed by atoms with Gasteiger partial charge in [0.15, 0.2) is 0 Å². The number of hydrogen-bond acceptors (Lipinski definition) is 5. The summed E-state index contributed by atoms with van der Waals surface area (Å²) < 4.78 is 5.33. The molecule has 0 bridgehead atoms. The van der Waals surface area contributed by atoms with Gasteiger partial charge in [-0.2, -0.15) is 0 Å². The zero-order valence-corrected chi connectivity index (χ0v) is 15.4. The van der Waals surface area contributed by atoms with Crippen molar-refractivity contribution in [2.45, 2.75) is 32.2 Å². The number of anilines is 1. The van der Waals surface area contributed by atoms with E-state index >= 15 is 0 Å². The summed E-state index contributed by atoms with van der Waals surface area (Å²) in [5.74, 6) is 0.452. The zero-order valence-electron chi connectivity index (χ0n) is 14.7. The van der Waals surface area contributed by atoms with E-state index in [0.717, 1.165) is 24.3 Å². The normalized spacial score (nSPS) is 19.3. The van der Waals surface area contributed by atoms with Crippen LogP contribution in [0.25, 0.3) is 0 Å².